The lowest BCUT2D eigenvalue weighted by Crippen LogP contribution is -2.07. The van der Waals surface area contributed by atoms with E-state index in [0.717, 1.165) is 12.3 Å². The van der Waals surface area contributed by atoms with Crippen molar-refractivity contribution in [2.45, 2.75) is 59.8 Å². The van der Waals surface area contributed by atoms with E-state index < -0.39 is 0 Å². The van der Waals surface area contributed by atoms with Gasteiger partial charge >= 0.3 is 0 Å². The Morgan fingerprint density at radius 1 is 1.07 bits per heavy atom. The lowest BCUT2D eigenvalue weighted by atomic mass is 9.85. The standard InChI is InChI=1S/C15H28/c1-6-12-15(4,5)13-10-9-11-14(7-2)8-3/h6,9-10,14H,1,7-8,11-13H2,2-5H3. The predicted octanol–water partition coefficient (Wildman–Crippen LogP) is 5.36. The lowest BCUT2D eigenvalue weighted by molar-refractivity contribution is 0.376. The largest absolute Gasteiger partial charge is 0.103 e. The van der Waals surface area contributed by atoms with Crippen molar-refractivity contribution in [1.29, 1.82) is 0 Å². The molecule has 0 spiro atoms. The van der Waals surface area contributed by atoms with Crippen LogP contribution in [0.1, 0.15) is 59.8 Å². The van der Waals surface area contributed by atoms with Gasteiger partial charge in [0.1, 0.15) is 0 Å². The number of hydrogen-bond donors (Lipinski definition) is 0. The normalized spacial score (nSPS) is 12.6. The number of allylic oxidation sites excluding steroid dienone is 3. The van der Waals surface area contributed by atoms with E-state index in [2.05, 4.69) is 46.4 Å². The molecule has 0 heteroatoms. The minimum atomic E-state index is 0.381. The molecule has 0 aliphatic rings. The third-order valence-electron chi connectivity index (χ3n) is 3.16. The van der Waals surface area contributed by atoms with Gasteiger partial charge in [-0.25, -0.2) is 0 Å². The summed E-state index contributed by atoms with van der Waals surface area (Å²) in [7, 11) is 0. The van der Waals surface area contributed by atoms with Gasteiger partial charge in [0.05, 0.1) is 0 Å². The Bertz CT molecular complexity index is 182. The van der Waals surface area contributed by atoms with Gasteiger partial charge < -0.3 is 0 Å². The van der Waals surface area contributed by atoms with Crippen LogP contribution in [0.3, 0.4) is 0 Å². The van der Waals surface area contributed by atoms with Gasteiger partial charge in [-0.2, -0.15) is 0 Å². The van der Waals surface area contributed by atoms with Crippen LogP contribution in [0.5, 0.6) is 0 Å². The minimum Gasteiger partial charge on any atom is -0.103 e. The van der Waals surface area contributed by atoms with Crippen molar-refractivity contribution < 1.29 is 0 Å². The Labute approximate surface area is 96.5 Å². The van der Waals surface area contributed by atoms with Crippen LogP contribution < -0.4 is 0 Å². The molecule has 0 bridgehead atoms. The molecule has 0 saturated heterocycles. The maximum Gasteiger partial charge on any atom is -0.0285 e. The van der Waals surface area contributed by atoms with E-state index in [1.54, 1.807) is 0 Å². The van der Waals surface area contributed by atoms with Gasteiger partial charge in [0.2, 0.25) is 0 Å². The van der Waals surface area contributed by atoms with Crippen LogP contribution in [-0.2, 0) is 0 Å². The third-order valence-corrected chi connectivity index (χ3v) is 3.16. The first-order chi connectivity index (χ1) is 7.05. The van der Waals surface area contributed by atoms with E-state index >= 15 is 0 Å². The van der Waals surface area contributed by atoms with E-state index in [0.29, 0.717) is 5.41 Å². The summed E-state index contributed by atoms with van der Waals surface area (Å²) < 4.78 is 0. The van der Waals surface area contributed by atoms with Gasteiger partial charge in [-0.05, 0) is 30.6 Å². The average molecular weight is 208 g/mol. The summed E-state index contributed by atoms with van der Waals surface area (Å²) in [6.07, 6.45) is 12.9. The fourth-order valence-corrected chi connectivity index (χ4v) is 1.79. The summed E-state index contributed by atoms with van der Waals surface area (Å²) >= 11 is 0. The molecule has 0 aromatic heterocycles. The van der Waals surface area contributed by atoms with Crippen LogP contribution in [0.15, 0.2) is 24.8 Å². The van der Waals surface area contributed by atoms with Gasteiger partial charge in [0.25, 0.3) is 0 Å². The van der Waals surface area contributed by atoms with Gasteiger partial charge in [0, 0.05) is 0 Å². The Kier molecular flexibility index (Phi) is 7.46. The van der Waals surface area contributed by atoms with E-state index in [4.69, 9.17) is 0 Å². The highest BCUT2D eigenvalue weighted by Crippen LogP contribution is 2.26. The van der Waals surface area contributed by atoms with Crippen LogP contribution in [0, 0.1) is 11.3 Å². The summed E-state index contributed by atoms with van der Waals surface area (Å²) in [4.78, 5) is 0. The van der Waals surface area contributed by atoms with Crippen LogP contribution in [0.25, 0.3) is 0 Å². The fourth-order valence-electron chi connectivity index (χ4n) is 1.79. The van der Waals surface area contributed by atoms with Crippen molar-refractivity contribution in [2.24, 2.45) is 11.3 Å². The first-order valence-electron chi connectivity index (χ1n) is 6.31. The second kappa shape index (κ2) is 7.73. The molecule has 0 atom stereocenters. The lowest BCUT2D eigenvalue weighted by Gasteiger charge is -2.20. The van der Waals surface area contributed by atoms with Gasteiger partial charge in [-0.1, -0.05) is 58.8 Å². The molecule has 88 valence electrons. The maximum atomic E-state index is 3.80. The predicted molar refractivity (Wildman–Crippen MR) is 71.0 cm³/mol. The minimum absolute atomic E-state index is 0.381. The van der Waals surface area contributed by atoms with Gasteiger partial charge in [-0.15, -0.1) is 6.58 Å². The molecule has 0 heterocycles. The molecule has 0 aliphatic carbocycles. The smallest absolute Gasteiger partial charge is 0.0285 e. The van der Waals surface area contributed by atoms with Crippen molar-refractivity contribution in [2.75, 3.05) is 0 Å². The molecule has 0 aliphatic heterocycles. The molecule has 0 saturated carbocycles. The van der Waals surface area contributed by atoms with Gasteiger partial charge in [0.15, 0.2) is 0 Å². The zero-order valence-electron chi connectivity index (χ0n) is 11.1. The molecule has 0 N–H and O–H groups in total. The molecule has 0 unspecified atom stereocenters. The van der Waals surface area contributed by atoms with Crippen LogP contribution in [-0.4, -0.2) is 0 Å². The highest BCUT2D eigenvalue weighted by molar-refractivity contribution is 4.91. The van der Waals surface area contributed by atoms with E-state index in [9.17, 15) is 0 Å². The summed E-state index contributed by atoms with van der Waals surface area (Å²) in [5.74, 6) is 0.878. The molecule has 0 nitrogen and oxygen atoms in total. The highest BCUT2D eigenvalue weighted by atomic mass is 14.2. The number of hydrogen-bond acceptors (Lipinski definition) is 0. The Morgan fingerprint density at radius 2 is 1.67 bits per heavy atom. The summed E-state index contributed by atoms with van der Waals surface area (Å²) in [6, 6.07) is 0. The van der Waals surface area contributed by atoms with Gasteiger partial charge in [-0.3, -0.25) is 0 Å². The van der Waals surface area contributed by atoms with Crippen LogP contribution >= 0.6 is 0 Å². The van der Waals surface area contributed by atoms with Crippen LogP contribution in [0.4, 0.5) is 0 Å². The summed E-state index contributed by atoms with van der Waals surface area (Å²) in [5.41, 5.74) is 0.381. The fraction of sp³-hybridized carbons (Fsp3) is 0.733. The second-order valence-electron chi connectivity index (χ2n) is 5.25. The second-order valence-corrected chi connectivity index (χ2v) is 5.25. The Balaban J connectivity index is 3.83. The molecule has 0 fully saturated rings. The molecular weight excluding hydrogens is 180 g/mol. The number of rotatable bonds is 8. The zero-order valence-corrected chi connectivity index (χ0v) is 11.1. The van der Waals surface area contributed by atoms with Crippen molar-refractivity contribution in [3.8, 4) is 0 Å². The Morgan fingerprint density at radius 3 is 2.13 bits per heavy atom. The monoisotopic (exact) mass is 208 g/mol. The summed E-state index contributed by atoms with van der Waals surface area (Å²) in [5, 5.41) is 0. The quantitative estimate of drug-likeness (QED) is 0.471. The average Bonchev–Trinajstić information content (AvgIpc) is 2.18. The van der Waals surface area contributed by atoms with Crippen molar-refractivity contribution in [1.82, 2.24) is 0 Å². The maximum absolute atomic E-state index is 3.80. The topological polar surface area (TPSA) is 0 Å². The molecule has 0 aromatic carbocycles. The Hall–Kier alpha value is -0.520. The molecule has 0 radical (unpaired) electrons. The third kappa shape index (κ3) is 7.41. The highest BCUT2D eigenvalue weighted by Gasteiger charge is 2.13. The van der Waals surface area contributed by atoms with E-state index in [1.165, 1.54) is 25.7 Å². The first-order valence-corrected chi connectivity index (χ1v) is 6.31. The van der Waals surface area contributed by atoms with Crippen molar-refractivity contribution >= 4 is 0 Å². The van der Waals surface area contributed by atoms with Crippen molar-refractivity contribution in [3.05, 3.63) is 24.8 Å². The molecule has 0 rings (SSSR count). The molecule has 15 heavy (non-hydrogen) atoms. The van der Waals surface area contributed by atoms with Crippen molar-refractivity contribution in [3.63, 3.8) is 0 Å². The van der Waals surface area contributed by atoms with E-state index in [1.807, 2.05) is 6.08 Å². The molecule has 0 aromatic rings. The molecular formula is C15H28. The zero-order chi connectivity index (χ0) is 11.7. The van der Waals surface area contributed by atoms with E-state index in [-0.39, 0.29) is 0 Å². The summed E-state index contributed by atoms with van der Waals surface area (Å²) in [6.45, 7) is 13.0. The molecule has 0 amide bonds. The van der Waals surface area contributed by atoms with Crippen LogP contribution in [0.2, 0.25) is 0 Å². The first kappa shape index (κ1) is 14.5. The SMILES string of the molecule is C=CCC(C)(C)CC=CCC(CC)CC.